The highest BCUT2D eigenvalue weighted by atomic mass is 32.2. The lowest BCUT2D eigenvalue weighted by molar-refractivity contribution is -0.137. The van der Waals surface area contributed by atoms with Crippen molar-refractivity contribution in [3.8, 4) is 11.5 Å². The Balaban J connectivity index is 2.29. The summed E-state index contributed by atoms with van der Waals surface area (Å²) in [7, 11) is 3.21. The van der Waals surface area contributed by atoms with Crippen molar-refractivity contribution in [3.05, 3.63) is 70.6 Å². The van der Waals surface area contributed by atoms with Crippen LogP contribution in [0.25, 0.3) is 6.08 Å². The van der Waals surface area contributed by atoms with Crippen LogP contribution < -0.4 is 9.47 Å². The lowest BCUT2D eigenvalue weighted by atomic mass is 10.2. The average Bonchev–Trinajstić information content (AvgIpc) is 2.67. The summed E-state index contributed by atoms with van der Waals surface area (Å²) >= 11 is 1.52. The van der Waals surface area contributed by atoms with Gasteiger partial charge in [0, 0.05) is 15.9 Å². The predicted molar refractivity (Wildman–Crippen MR) is 110 cm³/mol. The number of aryl methyl sites for hydroxylation is 1. The van der Waals surface area contributed by atoms with Crippen molar-refractivity contribution in [1.29, 1.82) is 0 Å². The molecule has 0 bridgehead atoms. The first-order chi connectivity index (χ1) is 13.1. The Hall–Kier alpha value is -2.66. The van der Waals surface area contributed by atoms with Gasteiger partial charge in [0.2, 0.25) is 0 Å². The van der Waals surface area contributed by atoms with E-state index in [1.165, 1.54) is 17.8 Å². The number of rotatable bonds is 8. The van der Waals surface area contributed by atoms with Gasteiger partial charge in [0.25, 0.3) is 0 Å². The Labute approximate surface area is 164 Å². The molecule has 2 rings (SSSR count). The summed E-state index contributed by atoms with van der Waals surface area (Å²) in [5, 5.41) is 0. The number of thioether (sulfide) groups is 1. The van der Waals surface area contributed by atoms with Crippen LogP contribution in [0.3, 0.4) is 0 Å². The van der Waals surface area contributed by atoms with Gasteiger partial charge < -0.3 is 14.2 Å². The first-order valence-electron chi connectivity index (χ1n) is 8.59. The minimum Gasteiger partial charge on any atom is -0.493 e. The maximum atomic E-state index is 11.9. The molecular formula is C22H24O4S. The van der Waals surface area contributed by atoms with Gasteiger partial charge in [0.05, 0.1) is 20.8 Å². The Bertz CT molecular complexity index is 840. The summed E-state index contributed by atoms with van der Waals surface area (Å²) in [6.07, 6.45) is 5.34. The SMILES string of the molecule is CCOC(=O)/C=C(/C=C/c1ccc(OC)c(OC)c1)Sc1ccccc1C. The molecule has 2 aromatic rings. The number of hydrogen-bond donors (Lipinski definition) is 0. The highest BCUT2D eigenvalue weighted by Gasteiger charge is 2.06. The number of carbonyl (C=O) groups is 1. The molecule has 0 aliphatic carbocycles. The fourth-order valence-electron chi connectivity index (χ4n) is 2.34. The van der Waals surface area contributed by atoms with E-state index in [0.717, 1.165) is 20.9 Å². The lowest BCUT2D eigenvalue weighted by Gasteiger charge is -2.08. The molecule has 0 radical (unpaired) electrons. The second-order valence-electron chi connectivity index (χ2n) is 5.61. The molecule has 0 aliphatic heterocycles. The molecule has 0 aliphatic rings. The molecule has 0 spiro atoms. The summed E-state index contributed by atoms with van der Waals surface area (Å²) in [6, 6.07) is 13.7. The molecule has 0 saturated heterocycles. The molecule has 0 aromatic heterocycles. The number of ether oxygens (including phenoxy) is 3. The minimum atomic E-state index is -0.356. The normalized spacial score (nSPS) is 11.5. The van der Waals surface area contributed by atoms with Crippen LogP contribution in [0.15, 0.2) is 64.4 Å². The molecule has 0 atom stereocenters. The van der Waals surface area contributed by atoms with Crippen LogP contribution in [0.5, 0.6) is 11.5 Å². The van der Waals surface area contributed by atoms with Crippen molar-refractivity contribution in [1.82, 2.24) is 0 Å². The van der Waals surface area contributed by atoms with Crippen LogP contribution in [0.1, 0.15) is 18.1 Å². The molecule has 0 saturated carbocycles. The standard InChI is InChI=1S/C22H24O4S/c1-5-26-22(23)15-18(27-21-9-7-6-8-16(21)2)12-10-17-11-13-19(24-3)20(14-17)25-4/h6-15H,5H2,1-4H3/b12-10+,18-15-. The second-order valence-corrected chi connectivity index (χ2v) is 6.73. The average molecular weight is 384 g/mol. The smallest absolute Gasteiger partial charge is 0.331 e. The van der Waals surface area contributed by atoms with Gasteiger partial charge in [-0.1, -0.05) is 42.1 Å². The van der Waals surface area contributed by atoms with Crippen LogP contribution in [0.4, 0.5) is 0 Å². The topological polar surface area (TPSA) is 44.8 Å². The largest absolute Gasteiger partial charge is 0.493 e. The van der Waals surface area contributed by atoms with E-state index in [1.807, 2.05) is 61.5 Å². The number of allylic oxidation sites excluding steroid dienone is 1. The molecular weight excluding hydrogens is 360 g/mol. The molecule has 0 fully saturated rings. The number of esters is 1. The maximum absolute atomic E-state index is 11.9. The van der Waals surface area contributed by atoms with E-state index in [-0.39, 0.29) is 5.97 Å². The van der Waals surface area contributed by atoms with Crippen molar-refractivity contribution in [3.63, 3.8) is 0 Å². The van der Waals surface area contributed by atoms with Crippen molar-refractivity contribution >= 4 is 23.8 Å². The highest BCUT2D eigenvalue weighted by molar-refractivity contribution is 8.03. The first-order valence-corrected chi connectivity index (χ1v) is 9.41. The number of benzene rings is 2. The lowest BCUT2D eigenvalue weighted by Crippen LogP contribution is -2.00. The molecule has 0 heterocycles. The molecule has 27 heavy (non-hydrogen) atoms. The van der Waals surface area contributed by atoms with E-state index in [1.54, 1.807) is 21.1 Å². The van der Waals surface area contributed by atoms with Crippen molar-refractivity contribution in [2.24, 2.45) is 0 Å². The van der Waals surface area contributed by atoms with Crippen molar-refractivity contribution < 1.29 is 19.0 Å². The zero-order chi connectivity index (χ0) is 19.6. The highest BCUT2D eigenvalue weighted by Crippen LogP contribution is 2.32. The number of carbonyl (C=O) groups excluding carboxylic acids is 1. The van der Waals surface area contributed by atoms with E-state index in [2.05, 4.69) is 0 Å². The monoisotopic (exact) mass is 384 g/mol. The van der Waals surface area contributed by atoms with Crippen LogP contribution in [-0.2, 0) is 9.53 Å². The molecule has 0 unspecified atom stereocenters. The summed E-state index contributed by atoms with van der Waals surface area (Å²) in [5.41, 5.74) is 2.09. The van der Waals surface area contributed by atoms with Crippen LogP contribution in [0, 0.1) is 6.92 Å². The summed E-state index contributed by atoms with van der Waals surface area (Å²) in [5.74, 6) is 0.971. The summed E-state index contributed by atoms with van der Waals surface area (Å²) in [4.78, 5) is 13.8. The third-order valence-corrected chi connectivity index (χ3v) is 4.88. The minimum absolute atomic E-state index is 0.344. The predicted octanol–water partition coefficient (Wildman–Crippen LogP) is 5.26. The van der Waals surface area contributed by atoms with Crippen LogP contribution >= 0.6 is 11.8 Å². The van der Waals surface area contributed by atoms with Crippen LogP contribution in [0.2, 0.25) is 0 Å². The van der Waals surface area contributed by atoms with E-state index in [0.29, 0.717) is 18.1 Å². The van der Waals surface area contributed by atoms with Gasteiger partial charge in [-0.3, -0.25) is 0 Å². The van der Waals surface area contributed by atoms with Gasteiger partial charge in [0.1, 0.15) is 0 Å². The first kappa shape index (κ1) is 20.6. The van der Waals surface area contributed by atoms with Gasteiger partial charge in [0.15, 0.2) is 11.5 Å². The Kier molecular flexibility index (Phi) is 8.01. The Morgan fingerprint density at radius 3 is 2.48 bits per heavy atom. The van der Waals surface area contributed by atoms with Gasteiger partial charge in [-0.15, -0.1) is 0 Å². The van der Waals surface area contributed by atoms with Gasteiger partial charge in [-0.2, -0.15) is 0 Å². The second kappa shape index (κ2) is 10.5. The fraction of sp³-hybridized carbons (Fsp3) is 0.227. The zero-order valence-corrected chi connectivity index (χ0v) is 16.8. The van der Waals surface area contributed by atoms with Gasteiger partial charge in [-0.25, -0.2) is 4.79 Å². The van der Waals surface area contributed by atoms with Crippen LogP contribution in [-0.4, -0.2) is 26.8 Å². The number of hydrogen-bond acceptors (Lipinski definition) is 5. The van der Waals surface area contributed by atoms with E-state index in [9.17, 15) is 4.79 Å². The molecule has 0 N–H and O–H groups in total. The van der Waals surface area contributed by atoms with E-state index >= 15 is 0 Å². The Morgan fingerprint density at radius 2 is 1.81 bits per heavy atom. The van der Waals surface area contributed by atoms with Gasteiger partial charge in [-0.05, 0) is 49.2 Å². The molecule has 5 heteroatoms. The quantitative estimate of drug-likeness (QED) is 0.269. The van der Waals surface area contributed by atoms with Gasteiger partial charge >= 0.3 is 5.97 Å². The van der Waals surface area contributed by atoms with E-state index in [4.69, 9.17) is 14.2 Å². The zero-order valence-electron chi connectivity index (χ0n) is 16.0. The fourth-order valence-corrected chi connectivity index (χ4v) is 3.27. The summed E-state index contributed by atoms with van der Waals surface area (Å²) in [6.45, 7) is 4.18. The third kappa shape index (κ3) is 6.22. The third-order valence-electron chi connectivity index (χ3n) is 3.72. The maximum Gasteiger partial charge on any atom is 0.331 e. The number of methoxy groups -OCH3 is 2. The molecule has 142 valence electrons. The van der Waals surface area contributed by atoms with Crippen molar-refractivity contribution in [2.45, 2.75) is 18.7 Å². The summed E-state index contributed by atoms with van der Waals surface area (Å²) < 4.78 is 15.7. The molecule has 0 amide bonds. The van der Waals surface area contributed by atoms with Crippen molar-refractivity contribution in [2.75, 3.05) is 20.8 Å². The molecule has 2 aromatic carbocycles. The Morgan fingerprint density at radius 1 is 1.07 bits per heavy atom. The molecule has 4 nitrogen and oxygen atoms in total. The van der Waals surface area contributed by atoms with E-state index < -0.39 is 0 Å².